The number of rotatable bonds is 10. The summed E-state index contributed by atoms with van der Waals surface area (Å²) in [6.45, 7) is -1.08. The van der Waals surface area contributed by atoms with E-state index in [9.17, 15) is 23.9 Å². The van der Waals surface area contributed by atoms with E-state index in [1.807, 2.05) is 6.07 Å². The van der Waals surface area contributed by atoms with Crippen molar-refractivity contribution in [3.05, 3.63) is 41.2 Å². The average Bonchev–Trinajstić information content (AvgIpc) is 3.63. The van der Waals surface area contributed by atoms with Crippen LogP contribution in [0.2, 0.25) is 0 Å². The lowest BCUT2D eigenvalue weighted by atomic mass is 9.90. The zero-order chi connectivity index (χ0) is 30.0. The van der Waals surface area contributed by atoms with Crippen molar-refractivity contribution in [2.24, 2.45) is 11.8 Å². The highest BCUT2D eigenvalue weighted by Gasteiger charge is 2.32. The number of carbonyl (C=O) groups is 3. The van der Waals surface area contributed by atoms with Crippen LogP contribution in [0.4, 0.5) is 19.7 Å². The number of halogens is 2. The van der Waals surface area contributed by atoms with Crippen molar-refractivity contribution in [1.82, 2.24) is 9.97 Å². The van der Waals surface area contributed by atoms with Gasteiger partial charge >= 0.3 is 5.97 Å². The number of thiazole rings is 1. The van der Waals surface area contributed by atoms with E-state index in [1.165, 1.54) is 22.9 Å². The number of hydrogen-bond donors (Lipinski definition) is 1. The number of benzene rings is 1. The topological polar surface area (TPSA) is 113 Å². The van der Waals surface area contributed by atoms with Crippen molar-refractivity contribution in [3.8, 4) is 28.1 Å². The number of carbonyl (C=O) groups excluding carboxylic acids is 2. The van der Waals surface area contributed by atoms with Crippen molar-refractivity contribution >= 4 is 40.1 Å². The number of aromatic nitrogens is 2. The maximum atomic E-state index is 15.6. The first kappa shape index (κ1) is 29.6. The fraction of sp³-hybridized carbons (Fsp3) is 0.433. The van der Waals surface area contributed by atoms with Crippen LogP contribution >= 0.6 is 11.3 Å². The Balaban J connectivity index is 1.49. The number of alkyl halides is 1. The summed E-state index contributed by atoms with van der Waals surface area (Å²) < 4.78 is 33.7. The smallest absolute Gasteiger partial charge is 0.304 e. The molecule has 1 aliphatic carbocycles. The molecule has 3 aromatic rings. The standard InChI is InChI=1S/C30H32F2N4O5S/c1-35-24(37)10-7-18-12-20(15-33-28(18)35)22-9-8-21(41-16-31)14-23(22)26-27(32)42-30(34-26)36(2)29(40)19(13-25(38)39)11-17-5-3-4-6-17/h8-9,12,14-15,17,19H,3-7,10-11,13,16H2,1-2H3,(H,38,39). The van der Waals surface area contributed by atoms with Gasteiger partial charge in [-0.3, -0.25) is 24.2 Å². The summed E-state index contributed by atoms with van der Waals surface area (Å²) in [5.41, 5.74) is 2.34. The summed E-state index contributed by atoms with van der Waals surface area (Å²) in [6, 6.07) is 6.61. The molecule has 2 aromatic heterocycles. The Morgan fingerprint density at radius 3 is 2.69 bits per heavy atom. The molecular formula is C30H32F2N4O5S. The first-order valence-electron chi connectivity index (χ1n) is 13.9. The molecule has 1 N–H and O–H groups in total. The van der Waals surface area contributed by atoms with Crippen LogP contribution < -0.4 is 14.5 Å². The number of amides is 2. The molecule has 0 saturated heterocycles. The molecule has 12 heteroatoms. The lowest BCUT2D eigenvalue weighted by Gasteiger charge is -2.25. The summed E-state index contributed by atoms with van der Waals surface area (Å²) in [7, 11) is 3.14. The summed E-state index contributed by atoms with van der Waals surface area (Å²) >= 11 is 0.676. The maximum Gasteiger partial charge on any atom is 0.304 e. The Labute approximate surface area is 246 Å². The lowest BCUT2D eigenvalue weighted by Crippen LogP contribution is -2.35. The number of aliphatic carboxylic acids is 1. The van der Waals surface area contributed by atoms with Crippen LogP contribution in [0.5, 0.6) is 5.75 Å². The molecule has 222 valence electrons. The van der Waals surface area contributed by atoms with Crippen LogP contribution in [0, 0.1) is 17.0 Å². The van der Waals surface area contributed by atoms with Crippen molar-refractivity contribution in [1.29, 1.82) is 0 Å². The monoisotopic (exact) mass is 598 g/mol. The van der Waals surface area contributed by atoms with Crippen molar-refractivity contribution in [2.45, 2.75) is 51.4 Å². The van der Waals surface area contributed by atoms with Crippen LogP contribution in [-0.2, 0) is 20.8 Å². The normalized spacial score (nSPS) is 15.9. The number of fused-ring (bicyclic) bond motifs is 1. The van der Waals surface area contributed by atoms with Gasteiger partial charge in [0.2, 0.25) is 23.8 Å². The number of aryl methyl sites for hydroxylation is 1. The van der Waals surface area contributed by atoms with E-state index in [1.54, 1.807) is 25.4 Å². The second kappa shape index (κ2) is 12.5. The van der Waals surface area contributed by atoms with E-state index in [0.29, 0.717) is 59.0 Å². The zero-order valence-electron chi connectivity index (χ0n) is 23.4. The Hall–Kier alpha value is -3.93. The van der Waals surface area contributed by atoms with Crippen LogP contribution in [-0.4, -0.2) is 53.8 Å². The Kier molecular flexibility index (Phi) is 8.81. The summed E-state index contributed by atoms with van der Waals surface area (Å²) in [5.74, 6) is -1.23. The largest absolute Gasteiger partial charge is 0.481 e. The van der Waals surface area contributed by atoms with Crippen LogP contribution in [0.15, 0.2) is 30.5 Å². The van der Waals surface area contributed by atoms with Gasteiger partial charge in [-0.2, -0.15) is 4.39 Å². The van der Waals surface area contributed by atoms with Crippen molar-refractivity contribution in [2.75, 3.05) is 30.8 Å². The van der Waals surface area contributed by atoms with E-state index in [2.05, 4.69) is 9.97 Å². The van der Waals surface area contributed by atoms with Gasteiger partial charge < -0.3 is 9.84 Å². The molecule has 0 radical (unpaired) electrons. The fourth-order valence-electron chi connectivity index (χ4n) is 5.89. The summed E-state index contributed by atoms with van der Waals surface area (Å²) in [4.78, 5) is 48.8. The van der Waals surface area contributed by atoms with E-state index in [-0.39, 0.29) is 28.9 Å². The molecule has 1 unspecified atom stereocenters. The number of carboxylic acid groups (broad SMARTS) is 1. The molecule has 0 spiro atoms. The van der Waals surface area contributed by atoms with Gasteiger partial charge in [-0.05, 0) is 54.2 Å². The SMILES string of the molecule is CN(C(=O)C(CC(=O)O)CC1CCCC1)c1nc(-c2cc(OCF)ccc2-c2cnc3c(c2)CCC(=O)N3C)c(F)s1. The number of ether oxygens (including phenoxy) is 1. The van der Waals surface area contributed by atoms with E-state index >= 15 is 4.39 Å². The average molecular weight is 599 g/mol. The Morgan fingerprint density at radius 2 is 1.98 bits per heavy atom. The summed E-state index contributed by atoms with van der Waals surface area (Å²) in [6.07, 6.45) is 6.67. The molecule has 0 bridgehead atoms. The molecule has 1 saturated carbocycles. The molecule has 5 rings (SSSR count). The second-order valence-electron chi connectivity index (χ2n) is 10.8. The van der Waals surface area contributed by atoms with Gasteiger partial charge in [-0.25, -0.2) is 14.4 Å². The highest BCUT2D eigenvalue weighted by atomic mass is 32.1. The van der Waals surface area contributed by atoms with Gasteiger partial charge in [0.15, 0.2) is 5.13 Å². The van der Waals surface area contributed by atoms with Gasteiger partial charge in [-0.1, -0.05) is 37.0 Å². The molecule has 42 heavy (non-hydrogen) atoms. The molecule has 2 aliphatic rings. The van der Waals surface area contributed by atoms with E-state index < -0.39 is 29.8 Å². The van der Waals surface area contributed by atoms with Crippen LogP contribution in [0.3, 0.4) is 0 Å². The minimum absolute atomic E-state index is 0.0271. The van der Waals surface area contributed by atoms with Crippen molar-refractivity contribution < 1.29 is 33.0 Å². The Morgan fingerprint density at radius 1 is 1.21 bits per heavy atom. The number of pyridine rings is 1. The van der Waals surface area contributed by atoms with Crippen LogP contribution in [0.1, 0.15) is 50.5 Å². The van der Waals surface area contributed by atoms with Gasteiger partial charge in [0.1, 0.15) is 17.3 Å². The molecule has 1 fully saturated rings. The molecular weight excluding hydrogens is 566 g/mol. The third kappa shape index (κ3) is 6.13. The third-order valence-corrected chi connectivity index (χ3v) is 9.00. The molecule has 3 heterocycles. The summed E-state index contributed by atoms with van der Waals surface area (Å²) in [5, 5.41) is 8.88. The van der Waals surface area contributed by atoms with Crippen LogP contribution in [0.25, 0.3) is 22.4 Å². The molecule has 1 atom stereocenters. The first-order chi connectivity index (χ1) is 20.2. The van der Waals surface area contributed by atoms with Gasteiger partial charge in [0.05, 0.1) is 6.42 Å². The predicted molar refractivity (Wildman–Crippen MR) is 155 cm³/mol. The first-order valence-corrected chi connectivity index (χ1v) is 14.7. The van der Waals surface area contributed by atoms with Gasteiger partial charge in [0.25, 0.3) is 0 Å². The zero-order valence-corrected chi connectivity index (χ0v) is 24.3. The van der Waals surface area contributed by atoms with Gasteiger partial charge in [-0.15, -0.1) is 0 Å². The lowest BCUT2D eigenvalue weighted by molar-refractivity contribution is -0.140. The molecule has 1 aliphatic heterocycles. The minimum Gasteiger partial charge on any atom is -0.481 e. The molecule has 2 amide bonds. The highest BCUT2D eigenvalue weighted by Crippen LogP contribution is 2.41. The van der Waals surface area contributed by atoms with Gasteiger partial charge in [0, 0.05) is 43.8 Å². The Bertz CT molecular complexity index is 1510. The predicted octanol–water partition coefficient (Wildman–Crippen LogP) is 5.86. The highest BCUT2D eigenvalue weighted by molar-refractivity contribution is 7.14. The molecule has 9 nitrogen and oxygen atoms in total. The fourth-order valence-corrected chi connectivity index (χ4v) is 6.66. The number of carboxylic acids is 1. The number of anilines is 2. The quantitative estimate of drug-likeness (QED) is 0.311. The van der Waals surface area contributed by atoms with Crippen molar-refractivity contribution in [3.63, 3.8) is 0 Å². The third-order valence-electron chi connectivity index (χ3n) is 8.08. The second-order valence-corrected chi connectivity index (χ2v) is 11.7. The number of hydrogen-bond acceptors (Lipinski definition) is 7. The molecule has 1 aromatic carbocycles. The van der Waals surface area contributed by atoms with E-state index in [4.69, 9.17) is 4.74 Å². The minimum atomic E-state index is -1.08. The number of nitrogens with zero attached hydrogens (tertiary/aromatic N) is 4. The maximum absolute atomic E-state index is 15.6. The van der Waals surface area contributed by atoms with E-state index in [0.717, 1.165) is 31.2 Å².